The van der Waals surface area contributed by atoms with Gasteiger partial charge in [-0.3, -0.25) is 4.79 Å². The van der Waals surface area contributed by atoms with E-state index in [-0.39, 0.29) is 5.91 Å². The second-order valence-electron chi connectivity index (χ2n) is 5.30. The molecule has 1 rings (SSSR count). The Hall–Kier alpha value is -1.26. The lowest BCUT2D eigenvalue weighted by Gasteiger charge is -2.15. The fourth-order valence-electron chi connectivity index (χ4n) is 1.58. The lowest BCUT2D eigenvalue weighted by atomic mass is 10.1. The van der Waals surface area contributed by atoms with Gasteiger partial charge in [0, 0.05) is 18.2 Å². The largest absolute Gasteiger partial charge is 0.481 e. The van der Waals surface area contributed by atoms with E-state index in [1.807, 2.05) is 0 Å². The molecule has 0 fully saturated rings. The van der Waals surface area contributed by atoms with E-state index in [1.54, 1.807) is 31.2 Å². The number of hydrogen-bond donors (Lipinski definition) is 1. The first kappa shape index (κ1) is 17.8. The van der Waals surface area contributed by atoms with Crippen LogP contribution in [0.1, 0.15) is 27.2 Å². The van der Waals surface area contributed by atoms with Crippen LogP contribution in [0.15, 0.2) is 24.3 Å². The van der Waals surface area contributed by atoms with Gasteiger partial charge in [0.2, 0.25) is 0 Å². The Bertz CT molecular complexity index is 420. The summed E-state index contributed by atoms with van der Waals surface area (Å²) in [4.78, 5) is 11.8. The number of carbonyl (C=O) groups excluding carboxylic acids is 1. The van der Waals surface area contributed by atoms with Crippen molar-refractivity contribution in [3.8, 4) is 5.75 Å². The summed E-state index contributed by atoms with van der Waals surface area (Å²) in [7, 11) is 0. The highest BCUT2D eigenvalue weighted by atomic mass is 35.5. The van der Waals surface area contributed by atoms with Gasteiger partial charge in [0.1, 0.15) is 5.75 Å². The quantitative estimate of drug-likeness (QED) is 0.712. The first-order valence-corrected chi connectivity index (χ1v) is 7.64. The maximum atomic E-state index is 11.8. The van der Waals surface area contributed by atoms with Crippen LogP contribution in [0.3, 0.4) is 0 Å². The van der Waals surface area contributed by atoms with Gasteiger partial charge in [0.15, 0.2) is 6.10 Å². The molecule has 1 unspecified atom stereocenters. The summed E-state index contributed by atoms with van der Waals surface area (Å²) < 4.78 is 11.0. The smallest absolute Gasteiger partial charge is 0.260 e. The van der Waals surface area contributed by atoms with Crippen molar-refractivity contribution in [2.75, 3.05) is 19.8 Å². The average molecular weight is 314 g/mol. The number of carbonyl (C=O) groups is 1. The molecule has 1 aromatic rings. The molecule has 0 aliphatic rings. The zero-order chi connectivity index (χ0) is 15.7. The molecule has 0 aromatic heterocycles. The molecule has 1 N–H and O–H groups in total. The standard InChI is InChI=1S/C16H24ClNO3/c1-12(2)8-10-20-11-9-18-16(19)13(3)21-15-6-4-14(17)5-7-15/h4-7,12-13H,8-11H2,1-3H3,(H,18,19). The molecule has 1 atom stereocenters. The second-order valence-corrected chi connectivity index (χ2v) is 5.74. The lowest BCUT2D eigenvalue weighted by molar-refractivity contribution is -0.127. The number of ether oxygens (including phenoxy) is 2. The summed E-state index contributed by atoms with van der Waals surface area (Å²) in [5.41, 5.74) is 0. The summed E-state index contributed by atoms with van der Waals surface area (Å²) in [5.74, 6) is 1.10. The molecule has 4 nitrogen and oxygen atoms in total. The summed E-state index contributed by atoms with van der Waals surface area (Å²) >= 11 is 5.79. The SMILES string of the molecule is CC(C)CCOCCNC(=O)C(C)Oc1ccc(Cl)cc1. The molecule has 0 radical (unpaired) electrons. The van der Waals surface area contributed by atoms with Gasteiger partial charge in [-0.1, -0.05) is 25.4 Å². The fraction of sp³-hybridized carbons (Fsp3) is 0.562. The van der Waals surface area contributed by atoms with E-state index in [0.29, 0.717) is 29.8 Å². The third-order valence-corrected chi connectivity index (χ3v) is 3.13. The van der Waals surface area contributed by atoms with E-state index in [4.69, 9.17) is 21.1 Å². The number of hydrogen-bond acceptors (Lipinski definition) is 3. The Balaban J connectivity index is 2.18. The molecule has 0 aliphatic carbocycles. The molecule has 0 bridgehead atoms. The van der Waals surface area contributed by atoms with Gasteiger partial charge in [-0.05, 0) is 43.5 Å². The summed E-state index contributed by atoms with van der Waals surface area (Å²) in [6.07, 6.45) is 0.478. The first-order chi connectivity index (χ1) is 9.99. The Labute approximate surface area is 131 Å². The van der Waals surface area contributed by atoms with Gasteiger partial charge >= 0.3 is 0 Å². The third-order valence-electron chi connectivity index (χ3n) is 2.88. The zero-order valence-electron chi connectivity index (χ0n) is 12.9. The molecule has 0 aliphatic heterocycles. The van der Waals surface area contributed by atoms with Crippen molar-refractivity contribution in [2.45, 2.75) is 33.3 Å². The minimum absolute atomic E-state index is 0.155. The number of rotatable bonds is 9. The molecule has 0 saturated carbocycles. The van der Waals surface area contributed by atoms with Gasteiger partial charge in [-0.15, -0.1) is 0 Å². The maximum Gasteiger partial charge on any atom is 0.260 e. The van der Waals surface area contributed by atoms with Crippen molar-refractivity contribution in [1.82, 2.24) is 5.32 Å². The number of halogens is 1. The number of nitrogens with one attached hydrogen (secondary N) is 1. The Morgan fingerprint density at radius 2 is 1.86 bits per heavy atom. The van der Waals surface area contributed by atoms with Gasteiger partial charge < -0.3 is 14.8 Å². The highest BCUT2D eigenvalue weighted by Crippen LogP contribution is 2.16. The van der Waals surface area contributed by atoms with Crippen LogP contribution in [0.2, 0.25) is 5.02 Å². The number of benzene rings is 1. The van der Waals surface area contributed by atoms with Crippen molar-refractivity contribution in [3.05, 3.63) is 29.3 Å². The first-order valence-electron chi connectivity index (χ1n) is 7.26. The molecule has 21 heavy (non-hydrogen) atoms. The van der Waals surface area contributed by atoms with E-state index in [9.17, 15) is 4.79 Å². The molecule has 0 heterocycles. The molecule has 118 valence electrons. The highest BCUT2D eigenvalue weighted by Gasteiger charge is 2.13. The zero-order valence-corrected chi connectivity index (χ0v) is 13.7. The van der Waals surface area contributed by atoms with Gasteiger partial charge in [-0.2, -0.15) is 0 Å². The predicted molar refractivity (Wildman–Crippen MR) is 84.8 cm³/mol. The molecule has 1 aromatic carbocycles. The Morgan fingerprint density at radius 1 is 1.19 bits per heavy atom. The molecular formula is C16H24ClNO3. The van der Waals surface area contributed by atoms with E-state index < -0.39 is 6.10 Å². The predicted octanol–water partition coefficient (Wildman–Crippen LogP) is 3.29. The minimum Gasteiger partial charge on any atom is -0.481 e. The van der Waals surface area contributed by atoms with Crippen molar-refractivity contribution in [2.24, 2.45) is 5.92 Å². The molecule has 0 saturated heterocycles. The summed E-state index contributed by atoms with van der Waals surface area (Å²) in [5, 5.41) is 3.42. The minimum atomic E-state index is -0.554. The van der Waals surface area contributed by atoms with Crippen LogP contribution in [0.4, 0.5) is 0 Å². The Kier molecular flexibility index (Phi) is 8.16. The van der Waals surface area contributed by atoms with Gasteiger partial charge in [0.05, 0.1) is 6.61 Å². The second kappa shape index (κ2) is 9.64. The molecule has 5 heteroatoms. The average Bonchev–Trinajstić information content (AvgIpc) is 2.44. The highest BCUT2D eigenvalue weighted by molar-refractivity contribution is 6.30. The van der Waals surface area contributed by atoms with Crippen LogP contribution in [0.5, 0.6) is 5.75 Å². The van der Waals surface area contributed by atoms with E-state index >= 15 is 0 Å². The van der Waals surface area contributed by atoms with Gasteiger partial charge in [-0.25, -0.2) is 0 Å². The Morgan fingerprint density at radius 3 is 2.48 bits per heavy atom. The van der Waals surface area contributed by atoms with Crippen LogP contribution in [0.25, 0.3) is 0 Å². The molecular weight excluding hydrogens is 290 g/mol. The maximum absolute atomic E-state index is 11.8. The molecule has 0 spiro atoms. The number of amides is 1. The van der Waals surface area contributed by atoms with Crippen molar-refractivity contribution < 1.29 is 14.3 Å². The van der Waals surface area contributed by atoms with Crippen LogP contribution in [-0.4, -0.2) is 31.8 Å². The van der Waals surface area contributed by atoms with Gasteiger partial charge in [0.25, 0.3) is 5.91 Å². The van der Waals surface area contributed by atoms with Crippen LogP contribution in [-0.2, 0) is 9.53 Å². The normalized spacial score (nSPS) is 12.2. The van der Waals surface area contributed by atoms with E-state index in [1.165, 1.54) is 0 Å². The molecule has 1 amide bonds. The van der Waals surface area contributed by atoms with Crippen LogP contribution < -0.4 is 10.1 Å². The van der Waals surface area contributed by atoms with E-state index in [2.05, 4.69) is 19.2 Å². The van der Waals surface area contributed by atoms with Crippen molar-refractivity contribution in [1.29, 1.82) is 0 Å². The third kappa shape index (κ3) is 7.93. The topological polar surface area (TPSA) is 47.6 Å². The van der Waals surface area contributed by atoms with E-state index in [0.717, 1.165) is 13.0 Å². The summed E-state index contributed by atoms with van der Waals surface area (Å²) in [6.45, 7) is 7.76. The summed E-state index contributed by atoms with van der Waals surface area (Å²) in [6, 6.07) is 6.93. The van der Waals surface area contributed by atoms with Crippen LogP contribution in [0, 0.1) is 5.92 Å². The van der Waals surface area contributed by atoms with Crippen molar-refractivity contribution >= 4 is 17.5 Å². The lowest BCUT2D eigenvalue weighted by Crippen LogP contribution is -2.38. The van der Waals surface area contributed by atoms with Crippen molar-refractivity contribution in [3.63, 3.8) is 0 Å². The fourth-order valence-corrected chi connectivity index (χ4v) is 1.71. The van der Waals surface area contributed by atoms with Crippen LogP contribution >= 0.6 is 11.6 Å². The monoisotopic (exact) mass is 313 g/mol.